The van der Waals surface area contributed by atoms with Crippen molar-refractivity contribution in [2.24, 2.45) is 0 Å². The van der Waals surface area contributed by atoms with Crippen molar-refractivity contribution >= 4 is 5.91 Å². The quantitative estimate of drug-likeness (QED) is 0.843. The smallest absolute Gasteiger partial charge is 0.234 e. The molecule has 0 spiro atoms. The Balaban J connectivity index is 1.83. The summed E-state index contributed by atoms with van der Waals surface area (Å²) in [4.78, 5) is 11.5. The molecule has 0 saturated heterocycles. The number of fused-ring (bicyclic) bond motifs is 1. The molecule has 19 heavy (non-hydrogen) atoms. The van der Waals surface area contributed by atoms with E-state index < -0.39 is 0 Å². The molecule has 1 aromatic rings. The van der Waals surface area contributed by atoms with Crippen LogP contribution in [0.15, 0.2) is 24.3 Å². The van der Waals surface area contributed by atoms with Crippen LogP contribution < -0.4 is 10.6 Å². The van der Waals surface area contributed by atoms with Gasteiger partial charge in [0.05, 0.1) is 19.3 Å². The highest BCUT2D eigenvalue weighted by Crippen LogP contribution is 2.25. The maximum absolute atomic E-state index is 11.5. The number of carbonyl (C=O) groups is 1. The van der Waals surface area contributed by atoms with Crippen LogP contribution in [0.4, 0.5) is 0 Å². The number of hydrogen-bond donors (Lipinski definition) is 2. The first-order chi connectivity index (χ1) is 9.16. The van der Waals surface area contributed by atoms with Crippen LogP contribution in [0.2, 0.25) is 0 Å². The third kappa shape index (κ3) is 4.04. The summed E-state index contributed by atoms with van der Waals surface area (Å²) in [6.45, 7) is 5.67. The minimum absolute atomic E-state index is 0.0269. The third-order valence-corrected chi connectivity index (χ3v) is 3.16. The predicted molar refractivity (Wildman–Crippen MR) is 75.0 cm³/mol. The van der Waals surface area contributed by atoms with Crippen molar-refractivity contribution in [3.63, 3.8) is 0 Å². The van der Waals surface area contributed by atoms with E-state index in [0.717, 1.165) is 13.0 Å². The van der Waals surface area contributed by atoms with Crippen LogP contribution in [0, 0.1) is 0 Å². The molecule has 4 nitrogen and oxygen atoms in total. The monoisotopic (exact) mass is 262 g/mol. The first kappa shape index (κ1) is 14.0. The molecule has 0 fully saturated rings. The van der Waals surface area contributed by atoms with Crippen molar-refractivity contribution in [3.05, 3.63) is 35.4 Å². The number of ether oxygens (including phenoxy) is 1. The molecule has 0 aromatic heterocycles. The Morgan fingerprint density at radius 3 is 3.00 bits per heavy atom. The maximum Gasteiger partial charge on any atom is 0.234 e. The third-order valence-electron chi connectivity index (χ3n) is 3.16. The molecule has 0 saturated carbocycles. The van der Waals surface area contributed by atoms with Gasteiger partial charge in [-0.2, -0.15) is 0 Å². The summed E-state index contributed by atoms with van der Waals surface area (Å²) in [5.74, 6) is 0.0269. The Morgan fingerprint density at radius 2 is 2.21 bits per heavy atom. The van der Waals surface area contributed by atoms with Crippen LogP contribution in [0.3, 0.4) is 0 Å². The molecule has 104 valence electrons. The highest BCUT2D eigenvalue weighted by atomic mass is 16.5. The van der Waals surface area contributed by atoms with Gasteiger partial charge in [-0.15, -0.1) is 0 Å². The molecule has 1 aromatic carbocycles. The Morgan fingerprint density at radius 1 is 1.42 bits per heavy atom. The van der Waals surface area contributed by atoms with Gasteiger partial charge < -0.3 is 15.4 Å². The highest BCUT2D eigenvalue weighted by Gasteiger charge is 2.20. The summed E-state index contributed by atoms with van der Waals surface area (Å²) < 4.78 is 5.77. The van der Waals surface area contributed by atoms with E-state index in [1.807, 2.05) is 19.9 Å². The Kier molecular flexibility index (Phi) is 4.93. The number of benzene rings is 1. The van der Waals surface area contributed by atoms with Crippen LogP contribution in [-0.2, 0) is 16.0 Å². The lowest BCUT2D eigenvalue weighted by Crippen LogP contribution is -2.39. The maximum atomic E-state index is 11.5. The molecule has 1 aliphatic heterocycles. The van der Waals surface area contributed by atoms with E-state index in [2.05, 4.69) is 28.8 Å². The lowest BCUT2D eigenvalue weighted by atomic mass is 9.97. The standard InChI is InChI=1S/C15H22N2O2/c1-11(2)17-15(18)10-16-9-14-13-6-4-3-5-12(13)7-8-19-14/h3-6,11,14,16H,7-10H2,1-2H3,(H,17,18). The fourth-order valence-electron chi connectivity index (χ4n) is 2.34. The van der Waals surface area contributed by atoms with E-state index in [1.54, 1.807) is 0 Å². The van der Waals surface area contributed by atoms with Crippen molar-refractivity contribution in [2.45, 2.75) is 32.4 Å². The van der Waals surface area contributed by atoms with Gasteiger partial charge in [0.2, 0.25) is 5.91 Å². The van der Waals surface area contributed by atoms with E-state index >= 15 is 0 Å². The second-order valence-corrected chi connectivity index (χ2v) is 5.16. The number of carbonyl (C=O) groups excluding carboxylic acids is 1. The van der Waals surface area contributed by atoms with Crippen LogP contribution in [-0.4, -0.2) is 31.6 Å². The Labute approximate surface area is 114 Å². The van der Waals surface area contributed by atoms with Gasteiger partial charge in [0, 0.05) is 12.6 Å². The molecule has 2 N–H and O–H groups in total. The van der Waals surface area contributed by atoms with Gasteiger partial charge in [-0.1, -0.05) is 24.3 Å². The molecular formula is C15H22N2O2. The van der Waals surface area contributed by atoms with Gasteiger partial charge in [0.15, 0.2) is 0 Å². The molecule has 0 bridgehead atoms. The van der Waals surface area contributed by atoms with Gasteiger partial charge >= 0.3 is 0 Å². The van der Waals surface area contributed by atoms with Crippen LogP contribution in [0.1, 0.15) is 31.1 Å². The zero-order valence-electron chi connectivity index (χ0n) is 11.6. The largest absolute Gasteiger partial charge is 0.372 e. The zero-order valence-corrected chi connectivity index (χ0v) is 11.6. The van der Waals surface area contributed by atoms with E-state index in [9.17, 15) is 4.79 Å². The fraction of sp³-hybridized carbons (Fsp3) is 0.533. The lowest BCUT2D eigenvalue weighted by Gasteiger charge is -2.26. The normalized spacial score (nSPS) is 18.2. The molecule has 0 aliphatic carbocycles. The molecule has 0 radical (unpaired) electrons. The highest BCUT2D eigenvalue weighted by molar-refractivity contribution is 5.78. The molecular weight excluding hydrogens is 240 g/mol. The van der Waals surface area contributed by atoms with Crippen molar-refractivity contribution in [1.29, 1.82) is 0 Å². The van der Waals surface area contributed by atoms with E-state index in [1.165, 1.54) is 11.1 Å². The predicted octanol–water partition coefficient (Wildman–Crippen LogP) is 1.41. The summed E-state index contributed by atoms with van der Waals surface area (Å²) in [6, 6.07) is 8.53. The zero-order chi connectivity index (χ0) is 13.7. The summed E-state index contributed by atoms with van der Waals surface area (Å²) in [5, 5.41) is 6.02. The Bertz CT molecular complexity index is 432. The number of nitrogens with one attached hydrogen (secondary N) is 2. The molecule has 1 unspecified atom stereocenters. The van der Waals surface area contributed by atoms with Crippen molar-refractivity contribution in [2.75, 3.05) is 19.7 Å². The van der Waals surface area contributed by atoms with Gasteiger partial charge in [-0.05, 0) is 31.4 Å². The number of amides is 1. The average Bonchev–Trinajstić information content (AvgIpc) is 2.38. The molecule has 1 amide bonds. The van der Waals surface area contributed by atoms with Gasteiger partial charge in [0.25, 0.3) is 0 Å². The molecule has 1 heterocycles. The van der Waals surface area contributed by atoms with E-state index in [4.69, 9.17) is 4.74 Å². The molecule has 4 heteroatoms. The van der Waals surface area contributed by atoms with Gasteiger partial charge in [0.1, 0.15) is 0 Å². The minimum Gasteiger partial charge on any atom is -0.372 e. The van der Waals surface area contributed by atoms with Gasteiger partial charge in [-0.3, -0.25) is 4.79 Å². The summed E-state index contributed by atoms with van der Waals surface area (Å²) in [7, 11) is 0. The first-order valence-electron chi connectivity index (χ1n) is 6.86. The molecule has 1 aliphatic rings. The van der Waals surface area contributed by atoms with Crippen molar-refractivity contribution in [3.8, 4) is 0 Å². The van der Waals surface area contributed by atoms with E-state index in [-0.39, 0.29) is 18.1 Å². The van der Waals surface area contributed by atoms with Crippen LogP contribution in [0.25, 0.3) is 0 Å². The second kappa shape index (κ2) is 6.68. The molecule has 2 rings (SSSR count). The minimum atomic E-state index is 0.0269. The van der Waals surface area contributed by atoms with E-state index in [0.29, 0.717) is 13.1 Å². The van der Waals surface area contributed by atoms with Crippen molar-refractivity contribution in [1.82, 2.24) is 10.6 Å². The first-order valence-corrected chi connectivity index (χ1v) is 6.86. The number of hydrogen-bond acceptors (Lipinski definition) is 3. The SMILES string of the molecule is CC(C)NC(=O)CNCC1OCCc2ccccc21. The fourth-order valence-corrected chi connectivity index (χ4v) is 2.34. The van der Waals surface area contributed by atoms with Gasteiger partial charge in [-0.25, -0.2) is 0 Å². The Hall–Kier alpha value is -1.39. The second-order valence-electron chi connectivity index (χ2n) is 5.16. The number of rotatable bonds is 5. The lowest BCUT2D eigenvalue weighted by molar-refractivity contribution is -0.120. The summed E-state index contributed by atoms with van der Waals surface area (Å²) in [6.07, 6.45) is 1.03. The average molecular weight is 262 g/mol. The summed E-state index contributed by atoms with van der Waals surface area (Å²) >= 11 is 0. The molecule has 1 atom stereocenters. The van der Waals surface area contributed by atoms with Crippen molar-refractivity contribution < 1.29 is 9.53 Å². The van der Waals surface area contributed by atoms with Crippen LogP contribution >= 0.6 is 0 Å². The topological polar surface area (TPSA) is 50.4 Å². The van der Waals surface area contributed by atoms with Crippen LogP contribution in [0.5, 0.6) is 0 Å². The summed E-state index contributed by atoms with van der Waals surface area (Å²) in [5.41, 5.74) is 2.60.